The number of carboxylic acid groups (broad SMARTS) is 1. The number of hydrogen-bond donors (Lipinski definition) is 1. The van der Waals surface area contributed by atoms with Gasteiger partial charge in [0.2, 0.25) is 0 Å². The molecular weight excluding hydrogens is 236 g/mol. The first-order valence-electron chi connectivity index (χ1n) is 7.36. The predicted molar refractivity (Wildman–Crippen MR) is 77.5 cm³/mol. The van der Waals surface area contributed by atoms with Gasteiger partial charge in [0.1, 0.15) is 0 Å². The standard InChI is InChI=1S/C17H24O2/c1-13(2)14-6-8-15(9-7-14)17(12-16(18)19)10-4-3-5-11-17/h6-9,13H,3-5,10-12H2,1-2H3,(H,18,19). The Morgan fingerprint density at radius 3 is 2.21 bits per heavy atom. The highest BCUT2D eigenvalue weighted by molar-refractivity contribution is 5.69. The summed E-state index contributed by atoms with van der Waals surface area (Å²) in [5, 5.41) is 9.24. The van der Waals surface area contributed by atoms with Crippen LogP contribution in [0.3, 0.4) is 0 Å². The van der Waals surface area contributed by atoms with Crippen molar-refractivity contribution in [2.75, 3.05) is 0 Å². The van der Waals surface area contributed by atoms with E-state index >= 15 is 0 Å². The molecule has 0 bridgehead atoms. The smallest absolute Gasteiger partial charge is 0.304 e. The van der Waals surface area contributed by atoms with Crippen LogP contribution in [-0.4, -0.2) is 11.1 Å². The van der Waals surface area contributed by atoms with Crippen molar-refractivity contribution in [3.63, 3.8) is 0 Å². The maximum absolute atomic E-state index is 11.2. The number of carbonyl (C=O) groups is 1. The van der Waals surface area contributed by atoms with Crippen LogP contribution in [-0.2, 0) is 10.2 Å². The van der Waals surface area contributed by atoms with Crippen LogP contribution in [0.4, 0.5) is 0 Å². The molecule has 0 atom stereocenters. The van der Waals surface area contributed by atoms with Gasteiger partial charge >= 0.3 is 5.97 Å². The summed E-state index contributed by atoms with van der Waals surface area (Å²) in [6.07, 6.45) is 5.85. The van der Waals surface area contributed by atoms with Gasteiger partial charge in [0.15, 0.2) is 0 Å². The second kappa shape index (κ2) is 5.77. The Morgan fingerprint density at radius 1 is 1.16 bits per heavy atom. The molecule has 0 heterocycles. The molecule has 1 saturated carbocycles. The Labute approximate surface area is 115 Å². The van der Waals surface area contributed by atoms with Gasteiger partial charge in [-0.25, -0.2) is 0 Å². The average molecular weight is 260 g/mol. The second-order valence-corrected chi connectivity index (χ2v) is 6.19. The van der Waals surface area contributed by atoms with E-state index in [0.717, 1.165) is 25.7 Å². The quantitative estimate of drug-likeness (QED) is 0.866. The molecular formula is C17H24O2. The summed E-state index contributed by atoms with van der Waals surface area (Å²) in [7, 11) is 0. The van der Waals surface area contributed by atoms with Crippen molar-refractivity contribution < 1.29 is 9.90 Å². The fraction of sp³-hybridized carbons (Fsp3) is 0.588. The molecule has 0 saturated heterocycles. The molecule has 2 heteroatoms. The van der Waals surface area contributed by atoms with Crippen LogP contribution in [0.1, 0.15) is 69.4 Å². The molecule has 1 aromatic rings. The fourth-order valence-electron chi connectivity index (χ4n) is 3.31. The Balaban J connectivity index is 2.29. The zero-order valence-corrected chi connectivity index (χ0v) is 12.0. The van der Waals surface area contributed by atoms with Gasteiger partial charge in [0.25, 0.3) is 0 Å². The third kappa shape index (κ3) is 3.17. The van der Waals surface area contributed by atoms with Gasteiger partial charge in [-0.05, 0) is 29.9 Å². The molecule has 0 aliphatic heterocycles. The first-order chi connectivity index (χ1) is 9.03. The van der Waals surface area contributed by atoms with Crippen molar-refractivity contribution in [3.05, 3.63) is 35.4 Å². The van der Waals surface area contributed by atoms with E-state index in [4.69, 9.17) is 0 Å². The van der Waals surface area contributed by atoms with Gasteiger partial charge < -0.3 is 5.11 Å². The van der Waals surface area contributed by atoms with Crippen LogP contribution in [0.15, 0.2) is 24.3 Å². The monoisotopic (exact) mass is 260 g/mol. The molecule has 2 nitrogen and oxygen atoms in total. The highest BCUT2D eigenvalue weighted by Gasteiger charge is 2.35. The molecule has 2 rings (SSSR count). The minimum atomic E-state index is -0.671. The number of carboxylic acids is 1. The fourth-order valence-corrected chi connectivity index (χ4v) is 3.31. The van der Waals surface area contributed by atoms with Crippen molar-refractivity contribution in [2.24, 2.45) is 0 Å². The Morgan fingerprint density at radius 2 is 1.74 bits per heavy atom. The Hall–Kier alpha value is -1.31. The Kier molecular flexibility index (Phi) is 4.28. The minimum absolute atomic E-state index is 0.125. The maximum atomic E-state index is 11.2. The molecule has 0 aromatic heterocycles. The molecule has 1 aliphatic carbocycles. The van der Waals surface area contributed by atoms with Crippen LogP contribution in [0.2, 0.25) is 0 Å². The summed E-state index contributed by atoms with van der Waals surface area (Å²) >= 11 is 0. The molecule has 1 aliphatic rings. The topological polar surface area (TPSA) is 37.3 Å². The number of benzene rings is 1. The van der Waals surface area contributed by atoms with Crippen molar-refractivity contribution in [3.8, 4) is 0 Å². The van der Waals surface area contributed by atoms with E-state index in [9.17, 15) is 9.90 Å². The molecule has 0 radical (unpaired) electrons. The lowest BCUT2D eigenvalue weighted by Crippen LogP contribution is -2.31. The van der Waals surface area contributed by atoms with Gasteiger partial charge in [-0.2, -0.15) is 0 Å². The van der Waals surface area contributed by atoms with E-state index in [1.54, 1.807) is 0 Å². The van der Waals surface area contributed by atoms with Crippen molar-refractivity contribution in [1.82, 2.24) is 0 Å². The number of aliphatic carboxylic acids is 1. The lowest BCUT2D eigenvalue weighted by atomic mass is 9.67. The number of hydrogen-bond acceptors (Lipinski definition) is 1. The summed E-state index contributed by atoms with van der Waals surface area (Å²) in [5.74, 6) is -0.148. The van der Waals surface area contributed by atoms with Gasteiger partial charge in [0.05, 0.1) is 6.42 Å². The lowest BCUT2D eigenvalue weighted by Gasteiger charge is -2.37. The molecule has 19 heavy (non-hydrogen) atoms. The SMILES string of the molecule is CC(C)c1ccc(C2(CC(=O)O)CCCCC2)cc1. The molecule has 1 aromatic carbocycles. The van der Waals surface area contributed by atoms with Crippen LogP contribution < -0.4 is 0 Å². The lowest BCUT2D eigenvalue weighted by molar-refractivity contribution is -0.138. The molecule has 104 valence electrons. The van der Waals surface area contributed by atoms with Gasteiger partial charge in [0, 0.05) is 5.41 Å². The van der Waals surface area contributed by atoms with Crippen LogP contribution in [0, 0.1) is 0 Å². The van der Waals surface area contributed by atoms with E-state index in [2.05, 4.69) is 38.1 Å². The van der Waals surface area contributed by atoms with Gasteiger partial charge in [-0.15, -0.1) is 0 Å². The van der Waals surface area contributed by atoms with Crippen molar-refractivity contribution in [1.29, 1.82) is 0 Å². The minimum Gasteiger partial charge on any atom is -0.481 e. The van der Waals surface area contributed by atoms with E-state index in [1.165, 1.54) is 17.5 Å². The van der Waals surface area contributed by atoms with Crippen molar-refractivity contribution in [2.45, 2.75) is 63.7 Å². The summed E-state index contributed by atoms with van der Waals surface area (Å²) in [6.45, 7) is 4.37. The van der Waals surface area contributed by atoms with E-state index in [0.29, 0.717) is 5.92 Å². The normalized spacial score (nSPS) is 18.5. The third-order valence-electron chi connectivity index (χ3n) is 4.49. The first-order valence-corrected chi connectivity index (χ1v) is 7.36. The van der Waals surface area contributed by atoms with E-state index in [-0.39, 0.29) is 11.8 Å². The second-order valence-electron chi connectivity index (χ2n) is 6.19. The van der Waals surface area contributed by atoms with Crippen LogP contribution in [0.5, 0.6) is 0 Å². The van der Waals surface area contributed by atoms with Crippen LogP contribution >= 0.6 is 0 Å². The molecule has 0 unspecified atom stereocenters. The predicted octanol–water partition coefficient (Wildman–Crippen LogP) is 4.49. The first kappa shape index (κ1) is 14.1. The van der Waals surface area contributed by atoms with E-state index < -0.39 is 5.97 Å². The number of rotatable bonds is 4. The zero-order chi connectivity index (χ0) is 13.9. The highest BCUT2D eigenvalue weighted by Crippen LogP contribution is 2.42. The van der Waals surface area contributed by atoms with Gasteiger partial charge in [-0.1, -0.05) is 57.4 Å². The van der Waals surface area contributed by atoms with Crippen LogP contribution in [0.25, 0.3) is 0 Å². The highest BCUT2D eigenvalue weighted by atomic mass is 16.4. The third-order valence-corrected chi connectivity index (χ3v) is 4.49. The summed E-state index contributed by atoms with van der Waals surface area (Å²) in [5.41, 5.74) is 2.42. The molecule has 0 amide bonds. The van der Waals surface area contributed by atoms with Gasteiger partial charge in [-0.3, -0.25) is 4.79 Å². The van der Waals surface area contributed by atoms with Crippen molar-refractivity contribution >= 4 is 5.97 Å². The Bertz CT molecular complexity index is 425. The molecule has 1 fully saturated rings. The van der Waals surface area contributed by atoms with E-state index in [1.807, 2.05) is 0 Å². The summed E-state index contributed by atoms with van der Waals surface area (Å²) < 4.78 is 0. The molecule has 1 N–H and O–H groups in total. The maximum Gasteiger partial charge on any atom is 0.304 e. The molecule has 0 spiro atoms. The zero-order valence-electron chi connectivity index (χ0n) is 12.0. The summed E-state index contributed by atoms with van der Waals surface area (Å²) in [6, 6.07) is 8.64. The largest absolute Gasteiger partial charge is 0.481 e. The average Bonchev–Trinajstić information content (AvgIpc) is 2.39. The summed E-state index contributed by atoms with van der Waals surface area (Å²) in [4.78, 5) is 11.2.